The summed E-state index contributed by atoms with van der Waals surface area (Å²) < 4.78 is 4.42. The van der Waals surface area contributed by atoms with Crippen molar-refractivity contribution in [1.82, 2.24) is 0 Å². The summed E-state index contributed by atoms with van der Waals surface area (Å²) in [6.45, 7) is 3.89. The molecular formula is C4H10O2Si. The quantitative estimate of drug-likeness (QED) is 0.222. The van der Waals surface area contributed by atoms with Gasteiger partial charge in [0.2, 0.25) is 10.5 Å². The summed E-state index contributed by atoms with van der Waals surface area (Å²) in [7, 11) is 0.628. The molecule has 0 saturated heterocycles. The first-order valence-electron chi connectivity index (χ1n) is 2.10. The Morgan fingerprint density at radius 3 is 2.29 bits per heavy atom. The first-order valence-corrected chi connectivity index (χ1v) is 2.92. The molecule has 0 N–H and O–H groups in total. The molecule has 3 heteroatoms. The van der Waals surface area contributed by atoms with E-state index in [1.807, 2.05) is 13.8 Å². The fraction of sp³-hybridized carbons (Fsp3) is 0.500. The zero-order chi connectivity index (χ0) is 5.70. The van der Waals surface area contributed by atoms with Crippen LogP contribution < -0.4 is 0 Å². The van der Waals surface area contributed by atoms with Crippen molar-refractivity contribution in [3.05, 3.63) is 11.8 Å². The maximum Gasteiger partial charge on any atom is 0.209 e. The van der Waals surface area contributed by atoms with Gasteiger partial charge in [0.15, 0.2) is 0 Å². The van der Waals surface area contributed by atoms with Crippen LogP contribution in [0.25, 0.3) is 0 Å². The maximum absolute atomic E-state index is 4.49. The second-order valence-electron chi connectivity index (χ2n) is 1.46. The van der Waals surface area contributed by atoms with E-state index in [1.165, 1.54) is 0 Å². The lowest BCUT2D eigenvalue weighted by Crippen LogP contribution is -1.78. The van der Waals surface area contributed by atoms with Gasteiger partial charge in [-0.1, -0.05) is 0 Å². The molecule has 0 atom stereocenters. The molecule has 0 aromatic rings. The molecule has 0 aromatic carbocycles. The van der Waals surface area contributed by atoms with Crippen LogP contribution in [0.3, 0.4) is 0 Å². The van der Waals surface area contributed by atoms with Crippen LogP contribution in [-0.2, 0) is 9.46 Å². The fourth-order valence-electron chi connectivity index (χ4n) is 0.144. The first kappa shape index (κ1) is 6.72. The van der Waals surface area contributed by atoms with Gasteiger partial charge in [0.05, 0.1) is 0 Å². The summed E-state index contributed by atoms with van der Waals surface area (Å²) in [4.78, 5) is 4.49. The first-order chi connectivity index (χ1) is 3.27. The van der Waals surface area contributed by atoms with Gasteiger partial charge >= 0.3 is 0 Å². The van der Waals surface area contributed by atoms with Crippen molar-refractivity contribution in [3.8, 4) is 0 Å². The van der Waals surface area contributed by atoms with E-state index in [1.54, 1.807) is 6.26 Å². The van der Waals surface area contributed by atoms with Crippen LogP contribution in [0.5, 0.6) is 0 Å². The Balaban J connectivity index is 3.08. The Morgan fingerprint density at radius 1 is 1.57 bits per heavy atom. The van der Waals surface area contributed by atoms with Gasteiger partial charge in [-0.05, 0) is 19.4 Å². The van der Waals surface area contributed by atoms with Crippen LogP contribution >= 0.6 is 0 Å². The van der Waals surface area contributed by atoms with Gasteiger partial charge in [-0.25, -0.2) is 0 Å². The number of rotatable bonds is 2. The van der Waals surface area contributed by atoms with Gasteiger partial charge in [0.25, 0.3) is 0 Å². The molecule has 0 aliphatic carbocycles. The normalized spacial score (nSPS) is 8.29. The van der Waals surface area contributed by atoms with E-state index in [2.05, 4.69) is 9.46 Å². The van der Waals surface area contributed by atoms with Gasteiger partial charge in [0.1, 0.15) is 6.26 Å². The third-order valence-corrected chi connectivity index (χ3v) is 0.572. The summed E-state index contributed by atoms with van der Waals surface area (Å²) >= 11 is 0. The summed E-state index contributed by atoms with van der Waals surface area (Å²) in [5.74, 6) is 0. The summed E-state index contributed by atoms with van der Waals surface area (Å²) in [5, 5.41) is 0. The largest absolute Gasteiger partial charge is 0.358 e. The van der Waals surface area contributed by atoms with Crippen molar-refractivity contribution in [2.45, 2.75) is 13.8 Å². The Kier molecular flexibility index (Phi) is 3.73. The van der Waals surface area contributed by atoms with Gasteiger partial charge in [-0.3, -0.25) is 4.58 Å². The van der Waals surface area contributed by atoms with E-state index < -0.39 is 0 Å². The molecule has 0 spiro atoms. The highest BCUT2D eigenvalue weighted by molar-refractivity contribution is 5.97. The molecule has 0 fully saturated rings. The summed E-state index contributed by atoms with van der Waals surface area (Å²) in [5.41, 5.74) is 1.11. The minimum absolute atomic E-state index is 0.628. The highest BCUT2D eigenvalue weighted by Crippen LogP contribution is 1.87. The minimum Gasteiger partial charge on any atom is -0.358 e. The lowest BCUT2D eigenvalue weighted by molar-refractivity contribution is -0.145. The lowest BCUT2D eigenvalue weighted by atomic mass is 10.4. The second kappa shape index (κ2) is 3.89. The number of allylic oxidation sites excluding steroid dienone is 1. The molecule has 0 saturated carbocycles. The third kappa shape index (κ3) is 5.72. The van der Waals surface area contributed by atoms with Crippen molar-refractivity contribution in [2.24, 2.45) is 0 Å². The molecule has 2 nitrogen and oxygen atoms in total. The second-order valence-corrected chi connectivity index (χ2v) is 1.79. The molecule has 0 bridgehead atoms. The van der Waals surface area contributed by atoms with Crippen LogP contribution in [0.1, 0.15) is 13.8 Å². The standard InChI is InChI=1S/C4H10O2Si/c1-4(2)3-5-6-7/h3H,1-2,7H3. The predicted octanol–water partition coefficient (Wildman–Crippen LogP) is 0.139. The van der Waals surface area contributed by atoms with Crippen molar-refractivity contribution in [3.63, 3.8) is 0 Å². The van der Waals surface area contributed by atoms with E-state index in [-0.39, 0.29) is 0 Å². The Hall–Kier alpha value is -0.283. The van der Waals surface area contributed by atoms with E-state index in [9.17, 15) is 0 Å². The highest BCUT2D eigenvalue weighted by atomic mass is 28.2. The molecular weight excluding hydrogens is 108 g/mol. The predicted molar refractivity (Wildman–Crippen MR) is 31.5 cm³/mol. The molecule has 0 heterocycles. The monoisotopic (exact) mass is 118 g/mol. The van der Waals surface area contributed by atoms with Crippen molar-refractivity contribution in [1.29, 1.82) is 0 Å². The van der Waals surface area contributed by atoms with Gasteiger partial charge in [0, 0.05) is 0 Å². The summed E-state index contributed by atoms with van der Waals surface area (Å²) in [6, 6.07) is 0. The molecule has 0 amide bonds. The van der Waals surface area contributed by atoms with Crippen LogP contribution in [0.4, 0.5) is 0 Å². The topological polar surface area (TPSA) is 18.5 Å². The van der Waals surface area contributed by atoms with Crippen molar-refractivity contribution < 1.29 is 9.46 Å². The Labute approximate surface area is 46.6 Å². The van der Waals surface area contributed by atoms with Crippen molar-refractivity contribution >= 4 is 10.5 Å². The zero-order valence-electron chi connectivity index (χ0n) is 4.89. The fourth-order valence-corrected chi connectivity index (χ4v) is 0.241. The maximum atomic E-state index is 4.49. The molecule has 7 heavy (non-hydrogen) atoms. The molecule has 0 radical (unpaired) electrons. The zero-order valence-corrected chi connectivity index (χ0v) is 6.89. The van der Waals surface area contributed by atoms with E-state index in [4.69, 9.17) is 0 Å². The third-order valence-electron chi connectivity index (χ3n) is 0.380. The van der Waals surface area contributed by atoms with Crippen molar-refractivity contribution in [2.75, 3.05) is 0 Å². The molecule has 0 aromatic heterocycles. The van der Waals surface area contributed by atoms with Gasteiger partial charge in [-0.2, -0.15) is 0 Å². The van der Waals surface area contributed by atoms with E-state index in [0.29, 0.717) is 10.5 Å². The molecule has 42 valence electrons. The number of hydrogen-bond acceptors (Lipinski definition) is 2. The summed E-state index contributed by atoms with van der Waals surface area (Å²) in [6.07, 6.45) is 1.58. The molecule has 0 aliphatic heterocycles. The molecule has 0 rings (SSSR count). The van der Waals surface area contributed by atoms with Gasteiger partial charge in [-0.15, -0.1) is 0 Å². The SMILES string of the molecule is CC(C)=COO[SiH3]. The number of hydrogen-bond donors (Lipinski definition) is 0. The lowest BCUT2D eigenvalue weighted by Gasteiger charge is -1.91. The highest BCUT2D eigenvalue weighted by Gasteiger charge is 1.72. The Morgan fingerprint density at radius 2 is 2.14 bits per heavy atom. The van der Waals surface area contributed by atoms with E-state index in [0.717, 1.165) is 5.57 Å². The van der Waals surface area contributed by atoms with Crippen LogP contribution in [0.15, 0.2) is 11.8 Å². The minimum atomic E-state index is 0.628. The van der Waals surface area contributed by atoms with Crippen LogP contribution in [0.2, 0.25) is 0 Å². The molecule has 0 aliphatic rings. The average Bonchev–Trinajstić information content (AvgIpc) is 1.61. The Bertz CT molecular complexity index is 66.1. The smallest absolute Gasteiger partial charge is 0.209 e. The van der Waals surface area contributed by atoms with Gasteiger partial charge < -0.3 is 4.89 Å². The average molecular weight is 118 g/mol. The van der Waals surface area contributed by atoms with Crippen LogP contribution in [0, 0.1) is 0 Å². The van der Waals surface area contributed by atoms with E-state index >= 15 is 0 Å². The molecule has 0 unspecified atom stereocenters. The van der Waals surface area contributed by atoms with Crippen LogP contribution in [-0.4, -0.2) is 10.5 Å².